The van der Waals surface area contributed by atoms with E-state index in [4.69, 9.17) is 4.52 Å². The molecule has 6 heteroatoms. The lowest BCUT2D eigenvalue weighted by molar-refractivity contribution is 0.393. The van der Waals surface area contributed by atoms with Gasteiger partial charge in [-0.1, -0.05) is 11.2 Å². The van der Waals surface area contributed by atoms with Gasteiger partial charge in [0.15, 0.2) is 0 Å². The molecule has 0 bridgehead atoms. The fourth-order valence-corrected chi connectivity index (χ4v) is 3.42. The lowest BCUT2D eigenvalue weighted by atomic mass is 10.0. The van der Waals surface area contributed by atoms with Crippen molar-refractivity contribution in [1.29, 1.82) is 0 Å². The lowest BCUT2D eigenvalue weighted by Crippen LogP contribution is -2.10. The van der Waals surface area contributed by atoms with E-state index in [1.165, 1.54) is 0 Å². The van der Waals surface area contributed by atoms with E-state index in [-0.39, 0.29) is 0 Å². The third-order valence-electron chi connectivity index (χ3n) is 4.55. The second kappa shape index (κ2) is 6.87. The second-order valence-corrected chi connectivity index (χ2v) is 7.08. The minimum atomic E-state index is 0.300. The number of aryl methyl sites for hydroxylation is 2. The summed E-state index contributed by atoms with van der Waals surface area (Å²) >= 11 is 0. The molecule has 0 aliphatic rings. The average Bonchev–Trinajstić information content (AvgIpc) is 3.19. The van der Waals surface area contributed by atoms with Crippen LogP contribution in [0.3, 0.4) is 0 Å². The van der Waals surface area contributed by atoms with Crippen LogP contribution in [0, 0.1) is 13.8 Å². The van der Waals surface area contributed by atoms with Crippen LogP contribution in [0.1, 0.15) is 31.0 Å². The Balaban J connectivity index is 1.88. The molecule has 0 amide bonds. The molecule has 27 heavy (non-hydrogen) atoms. The molecule has 0 atom stereocenters. The van der Waals surface area contributed by atoms with Crippen molar-refractivity contribution < 1.29 is 4.52 Å². The second-order valence-electron chi connectivity index (χ2n) is 7.08. The van der Waals surface area contributed by atoms with Gasteiger partial charge in [0.1, 0.15) is 11.3 Å². The van der Waals surface area contributed by atoms with Gasteiger partial charge in [0.2, 0.25) is 0 Å². The maximum atomic E-state index is 5.39. The molecule has 4 rings (SSSR count). The van der Waals surface area contributed by atoms with Gasteiger partial charge in [0, 0.05) is 17.8 Å². The largest absolute Gasteiger partial charge is 0.381 e. The summed E-state index contributed by atoms with van der Waals surface area (Å²) in [6.07, 6.45) is 3.69. The first-order valence-corrected chi connectivity index (χ1v) is 9.11. The fraction of sp³-hybridized carbons (Fsp3) is 0.286. The van der Waals surface area contributed by atoms with Gasteiger partial charge in [-0.05, 0) is 57.5 Å². The molecule has 0 saturated carbocycles. The summed E-state index contributed by atoms with van der Waals surface area (Å²) in [4.78, 5) is 9.11. The number of anilines is 1. The predicted octanol–water partition coefficient (Wildman–Crippen LogP) is 4.57. The molecule has 0 unspecified atom stereocenters. The van der Waals surface area contributed by atoms with Crippen molar-refractivity contribution in [1.82, 2.24) is 19.7 Å². The Morgan fingerprint density at radius 2 is 2.00 bits per heavy atom. The van der Waals surface area contributed by atoms with Gasteiger partial charge in [0.05, 0.1) is 35.5 Å². The average molecular weight is 361 g/mol. The van der Waals surface area contributed by atoms with Gasteiger partial charge in [0.25, 0.3) is 0 Å². The Labute approximate surface area is 158 Å². The summed E-state index contributed by atoms with van der Waals surface area (Å²) in [5.41, 5.74) is 7.02. The monoisotopic (exact) mass is 361 g/mol. The molecule has 138 valence electrons. The molecular formula is C21H23N5O. The first-order valence-electron chi connectivity index (χ1n) is 9.11. The first-order chi connectivity index (χ1) is 13.0. The molecule has 4 aromatic rings. The Bertz CT molecular complexity index is 1060. The molecule has 0 radical (unpaired) electrons. The normalized spacial score (nSPS) is 11.4. The highest BCUT2D eigenvalue weighted by atomic mass is 16.5. The van der Waals surface area contributed by atoms with Crippen LogP contribution in [0.15, 0.2) is 47.4 Å². The zero-order valence-electron chi connectivity index (χ0n) is 16.0. The first kappa shape index (κ1) is 17.3. The van der Waals surface area contributed by atoms with Crippen LogP contribution in [-0.2, 0) is 6.54 Å². The number of nitrogens with one attached hydrogen (secondary N) is 1. The van der Waals surface area contributed by atoms with Crippen LogP contribution in [0.2, 0.25) is 0 Å². The van der Waals surface area contributed by atoms with Crippen LogP contribution in [0.5, 0.6) is 0 Å². The van der Waals surface area contributed by atoms with E-state index < -0.39 is 0 Å². The Morgan fingerprint density at radius 1 is 1.15 bits per heavy atom. The van der Waals surface area contributed by atoms with Crippen LogP contribution in [0.25, 0.3) is 22.2 Å². The van der Waals surface area contributed by atoms with Gasteiger partial charge in [-0.25, -0.2) is 4.98 Å². The third kappa shape index (κ3) is 3.30. The van der Waals surface area contributed by atoms with Crippen LogP contribution in [-0.4, -0.2) is 25.7 Å². The SMILES string of the molecule is Cc1noc(C)c1-c1cc(NC(C)C)c2ncn(Cc3ccccn3)c2c1. The van der Waals surface area contributed by atoms with Crippen molar-refractivity contribution in [3.8, 4) is 11.1 Å². The van der Waals surface area contributed by atoms with Crippen LogP contribution < -0.4 is 5.32 Å². The van der Waals surface area contributed by atoms with Gasteiger partial charge >= 0.3 is 0 Å². The molecule has 0 fully saturated rings. The standard InChI is InChI=1S/C21H23N5O/c1-13(2)24-18-9-16(20-14(3)25-27-15(20)4)10-19-21(18)23-12-26(19)11-17-7-5-6-8-22-17/h5-10,12-13,24H,11H2,1-4H3. The number of benzene rings is 1. The van der Waals surface area contributed by atoms with Crippen molar-refractivity contribution in [2.45, 2.75) is 40.3 Å². The maximum absolute atomic E-state index is 5.39. The zero-order valence-corrected chi connectivity index (χ0v) is 16.0. The predicted molar refractivity (Wildman–Crippen MR) is 107 cm³/mol. The van der Waals surface area contributed by atoms with Crippen LogP contribution in [0.4, 0.5) is 5.69 Å². The van der Waals surface area contributed by atoms with Gasteiger partial charge < -0.3 is 14.4 Å². The summed E-state index contributed by atoms with van der Waals surface area (Å²) in [6.45, 7) is 8.83. The number of aromatic nitrogens is 4. The molecule has 0 aliphatic heterocycles. The fourth-order valence-electron chi connectivity index (χ4n) is 3.42. The quantitative estimate of drug-likeness (QED) is 0.564. The molecule has 0 saturated heterocycles. The van der Waals surface area contributed by atoms with E-state index in [0.29, 0.717) is 12.6 Å². The summed E-state index contributed by atoms with van der Waals surface area (Å²) in [6, 6.07) is 10.5. The van der Waals surface area contributed by atoms with E-state index in [1.54, 1.807) is 0 Å². The Morgan fingerprint density at radius 3 is 2.67 bits per heavy atom. The van der Waals surface area contributed by atoms with E-state index >= 15 is 0 Å². The molecule has 1 aromatic carbocycles. The molecule has 3 heterocycles. The topological polar surface area (TPSA) is 68.8 Å². The van der Waals surface area contributed by atoms with Gasteiger partial charge in [-0.15, -0.1) is 0 Å². The summed E-state index contributed by atoms with van der Waals surface area (Å²) in [7, 11) is 0. The van der Waals surface area contributed by atoms with Gasteiger partial charge in [-0.3, -0.25) is 4.98 Å². The molecule has 3 aromatic heterocycles. The van der Waals surface area contributed by atoms with E-state index in [9.17, 15) is 0 Å². The number of rotatable bonds is 5. The molecule has 6 nitrogen and oxygen atoms in total. The smallest absolute Gasteiger partial charge is 0.141 e. The summed E-state index contributed by atoms with van der Waals surface area (Å²) < 4.78 is 7.52. The zero-order chi connectivity index (χ0) is 19.0. The highest BCUT2D eigenvalue weighted by molar-refractivity contribution is 5.94. The number of imidazole rings is 1. The number of nitrogens with zero attached hydrogens (tertiary/aromatic N) is 4. The summed E-state index contributed by atoms with van der Waals surface area (Å²) in [5.74, 6) is 0.818. The molecule has 1 N–H and O–H groups in total. The highest BCUT2D eigenvalue weighted by Gasteiger charge is 2.17. The molecule has 0 aliphatic carbocycles. The number of fused-ring (bicyclic) bond motifs is 1. The molecule has 0 spiro atoms. The van der Waals surface area contributed by atoms with E-state index in [0.717, 1.165) is 45.0 Å². The Kier molecular flexibility index (Phi) is 4.39. The van der Waals surface area contributed by atoms with Crippen molar-refractivity contribution >= 4 is 16.7 Å². The highest BCUT2D eigenvalue weighted by Crippen LogP contribution is 2.34. The third-order valence-corrected chi connectivity index (χ3v) is 4.55. The van der Waals surface area contributed by atoms with E-state index in [1.807, 2.05) is 44.6 Å². The number of hydrogen-bond donors (Lipinski definition) is 1. The summed E-state index contributed by atoms with van der Waals surface area (Å²) in [5, 5.41) is 7.64. The maximum Gasteiger partial charge on any atom is 0.141 e. The van der Waals surface area contributed by atoms with Crippen LogP contribution >= 0.6 is 0 Å². The molecular weight excluding hydrogens is 338 g/mol. The van der Waals surface area contributed by atoms with Crippen molar-refractivity contribution in [2.24, 2.45) is 0 Å². The van der Waals surface area contributed by atoms with Gasteiger partial charge in [-0.2, -0.15) is 0 Å². The minimum absolute atomic E-state index is 0.300. The van der Waals surface area contributed by atoms with Crippen molar-refractivity contribution in [3.05, 3.63) is 60.0 Å². The number of pyridine rings is 1. The number of hydrogen-bond acceptors (Lipinski definition) is 5. The van der Waals surface area contributed by atoms with E-state index in [2.05, 4.69) is 51.0 Å². The van der Waals surface area contributed by atoms with Crippen molar-refractivity contribution in [2.75, 3.05) is 5.32 Å². The lowest BCUT2D eigenvalue weighted by Gasteiger charge is -2.13. The minimum Gasteiger partial charge on any atom is -0.381 e. The van der Waals surface area contributed by atoms with Crippen molar-refractivity contribution in [3.63, 3.8) is 0 Å². The Hall–Kier alpha value is -3.15.